The van der Waals surface area contributed by atoms with Crippen LogP contribution in [-0.2, 0) is 4.74 Å². The minimum absolute atomic E-state index is 0.309. The summed E-state index contributed by atoms with van der Waals surface area (Å²) in [6.45, 7) is 8.58. The molecule has 1 rings (SSSR count). The topological polar surface area (TPSA) is 83.1 Å². The third-order valence-electron chi connectivity index (χ3n) is 2.62. The van der Waals surface area contributed by atoms with Crippen molar-refractivity contribution < 1.29 is 9.84 Å². The molecule has 6 nitrogen and oxygen atoms in total. The number of nitrogens with one attached hydrogen (secondary N) is 1. The van der Waals surface area contributed by atoms with Gasteiger partial charge in [-0.3, -0.25) is 9.89 Å². The largest absolute Gasteiger partial charge is 0.387 e. The van der Waals surface area contributed by atoms with Crippen molar-refractivity contribution in [1.29, 1.82) is 0 Å². The Balaban J connectivity index is 2.36. The van der Waals surface area contributed by atoms with Crippen LogP contribution in [0.5, 0.6) is 0 Å². The maximum absolute atomic E-state index is 10.2. The molecule has 1 heterocycles. The monoisotopic (exact) mass is 244 g/mol. The van der Waals surface area contributed by atoms with Gasteiger partial charge >= 0.3 is 0 Å². The van der Waals surface area contributed by atoms with Gasteiger partial charge in [0.25, 0.3) is 0 Å². The predicted octanol–water partition coefficient (Wildman–Crippen LogP) is -1.01. The number of nitrogens with two attached hydrogens (primary N) is 1. The minimum atomic E-state index is -0.850. The zero-order chi connectivity index (χ0) is 12.7. The van der Waals surface area contributed by atoms with Gasteiger partial charge in [0.05, 0.1) is 25.4 Å². The van der Waals surface area contributed by atoms with Gasteiger partial charge in [0.2, 0.25) is 0 Å². The van der Waals surface area contributed by atoms with Gasteiger partial charge in [0, 0.05) is 26.2 Å². The van der Waals surface area contributed by atoms with Gasteiger partial charge in [-0.15, -0.1) is 0 Å². The average Bonchev–Trinajstić information content (AvgIpc) is 2.28. The first-order chi connectivity index (χ1) is 8.03. The molecule has 1 aliphatic rings. The van der Waals surface area contributed by atoms with Crippen LogP contribution in [0.15, 0.2) is 4.99 Å². The minimum Gasteiger partial charge on any atom is -0.387 e. The van der Waals surface area contributed by atoms with Gasteiger partial charge in [-0.1, -0.05) is 0 Å². The van der Waals surface area contributed by atoms with E-state index in [9.17, 15) is 5.11 Å². The lowest BCUT2D eigenvalue weighted by Crippen LogP contribution is -2.48. The van der Waals surface area contributed by atoms with E-state index >= 15 is 0 Å². The molecule has 1 saturated heterocycles. The molecule has 0 amide bonds. The van der Waals surface area contributed by atoms with Gasteiger partial charge in [0.1, 0.15) is 0 Å². The van der Waals surface area contributed by atoms with E-state index in [-0.39, 0.29) is 0 Å². The fraction of sp³-hybridized carbons (Fsp3) is 0.909. The summed E-state index contributed by atoms with van der Waals surface area (Å²) in [6, 6.07) is 0. The average molecular weight is 244 g/mol. The summed E-state index contributed by atoms with van der Waals surface area (Å²) >= 11 is 0. The summed E-state index contributed by atoms with van der Waals surface area (Å²) in [6.07, 6.45) is 0. The Kier molecular flexibility index (Phi) is 5.67. The van der Waals surface area contributed by atoms with Crippen molar-refractivity contribution in [2.45, 2.75) is 19.4 Å². The fourth-order valence-corrected chi connectivity index (χ4v) is 1.78. The van der Waals surface area contributed by atoms with Crippen LogP contribution in [0.1, 0.15) is 13.8 Å². The van der Waals surface area contributed by atoms with Crippen molar-refractivity contribution in [3.8, 4) is 0 Å². The highest BCUT2D eigenvalue weighted by Gasteiger charge is 2.24. The molecule has 100 valence electrons. The molecule has 17 heavy (non-hydrogen) atoms. The van der Waals surface area contributed by atoms with Crippen LogP contribution in [-0.4, -0.2) is 67.5 Å². The molecule has 0 aromatic heterocycles. The molecule has 4 N–H and O–H groups in total. The van der Waals surface area contributed by atoms with Crippen molar-refractivity contribution in [3.05, 3.63) is 0 Å². The molecule has 0 spiro atoms. The summed E-state index contributed by atoms with van der Waals surface area (Å²) in [7, 11) is 0. The summed E-state index contributed by atoms with van der Waals surface area (Å²) < 4.78 is 5.26. The summed E-state index contributed by atoms with van der Waals surface area (Å²) in [4.78, 5) is 6.31. The Morgan fingerprint density at radius 2 is 2.18 bits per heavy atom. The van der Waals surface area contributed by atoms with E-state index in [0.717, 1.165) is 32.8 Å². The lowest BCUT2D eigenvalue weighted by Gasteiger charge is -2.33. The number of β-amino-alcohol motifs (C(OH)–C–C–N with tert-alkyl or cyclic N) is 1. The molecule has 1 atom stereocenters. The fourth-order valence-electron chi connectivity index (χ4n) is 1.78. The lowest BCUT2D eigenvalue weighted by atomic mass is 10.1. The maximum atomic E-state index is 10.2. The standard InChI is InChI=1S/C11H24N4O2/c1-3-13-10(12)14-8-11(2,16)9-15-4-6-17-7-5-15/h16H,3-9H2,1-2H3,(H3,12,13,14). The van der Waals surface area contributed by atoms with Crippen LogP contribution < -0.4 is 11.1 Å². The van der Waals surface area contributed by atoms with Gasteiger partial charge in [-0.2, -0.15) is 0 Å². The number of hydrogen-bond acceptors (Lipinski definition) is 4. The highest BCUT2D eigenvalue weighted by Crippen LogP contribution is 2.08. The number of rotatable bonds is 5. The van der Waals surface area contributed by atoms with Crippen LogP contribution in [0.4, 0.5) is 0 Å². The number of nitrogens with zero attached hydrogens (tertiary/aromatic N) is 2. The Morgan fingerprint density at radius 1 is 1.53 bits per heavy atom. The van der Waals surface area contributed by atoms with E-state index in [4.69, 9.17) is 10.5 Å². The Hall–Kier alpha value is -0.850. The Labute approximate surface area is 103 Å². The smallest absolute Gasteiger partial charge is 0.188 e. The van der Waals surface area contributed by atoms with Crippen LogP contribution in [0, 0.1) is 0 Å². The number of ether oxygens (including phenoxy) is 1. The van der Waals surface area contributed by atoms with E-state index in [1.54, 1.807) is 6.92 Å². The normalized spacial score (nSPS) is 22.2. The molecule has 0 aliphatic carbocycles. The molecule has 1 fully saturated rings. The number of hydrogen-bond donors (Lipinski definition) is 3. The van der Waals surface area contributed by atoms with Crippen molar-refractivity contribution in [1.82, 2.24) is 10.2 Å². The first-order valence-electron chi connectivity index (χ1n) is 6.10. The molecule has 1 aliphatic heterocycles. The number of morpholine rings is 1. The third kappa shape index (κ3) is 5.86. The van der Waals surface area contributed by atoms with Crippen LogP contribution in [0.25, 0.3) is 0 Å². The van der Waals surface area contributed by atoms with Gasteiger partial charge in [0.15, 0.2) is 5.96 Å². The molecule has 0 aromatic rings. The number of aliphatic hydroxyl groups is 1. The molecule has 1 unspecified atom stereocenters. The molecule has 0 radical (unpaired) electrons. The predicted molar refractivity (Wildman–Crippen MR) is 68.0 cm³/mol. The molecule has 0 saturated carbocycles. The first kappa shape index (κ1) is 14.2. The lowest BCUT2D eigenvalue weighted by molar-refractivity contribution is -0.0179. The number of aliphatic imine (C=N–C) groups is 1. The summed E-state index contributed by atoms with van der Waals surface area (Å²) in [5.74, 6) is 0.384. The molecule has 0 bridgehead atoms. The molecule has 0 aromatic carbocycles. The second-order valence-corrected chi connectivity index (χ2v) is 4.62. The van der Waals surface area contributed by atoms with Gasteiger partial charge < -0.3 is 20.9 Å². The quantitative estimate of drug-likeness (QED) is 0.426. The molecular formula is C11H24N4O2. The van der Waals surface area contributed by atoms with E-state index in [1.165, 1.54) is 0 Å². The maximum Gasteiger partial charge on any atom is 0.188 e. The van der Waals surface area contributed by atoms with Crippen LogP contribution in [0.3, 0.4) is 0 Å². The van der Waals surface area contributed by atoms with Gasteiger partial charge in [-0.05, 0) is 13.8 Å². The second kappa shape index (κ2) is 6.78. The van der Waals surface area contributed by atoms with Crippen LogP contribution >= 0.6 is 0 Å². The summed E-state index contributed by atoms with van der Waals surface area (Å²) in [5.41, 5.74) is 4.77. The first-order valence-corrected chi connectivity index (χ1v) is 6.10. The van der Waals surface area contributed by atoms with Crippen molar-refractivity contribution in [2.24, 2.45) is 10.7 Å². The molecular weight excluding hydrogens is 220 g/mol. The van der Waals surface area contributed by atoms with Crippen molar-refractivity contribution in [3.63, 3.8) is 0 Å². The second-order valence-electron chi connectivity index (χ2n) is 4.62. The van der Waals surface area contributed by atoms with E-state index in [1.807, 2.05) is 6.92 Å². The Morgan fingerprint density at radius 3 is 2.76 bits per heavy atom. The Bertz CT molecular complexity index is 250. The van der Waals surface area contributed by atoms with Gasteiger partial charge in [-0.25, -0.2) is 0 Å². The van der Waals surface area contributed by atoms with E-state index in [2.05, 4.69) is 15.2 Å². The summed E-state index contributed by atoms with van der Waals surface area (Å²) in [5, 5.41) is 13.1. The SMILES string of the molecule is CCNC(N)=NCC(C)(O)CN1CCOCC1. The highest BCUT2D eigenvalue weighted by molar-refractivity contribution is 5.77. The van der Waals surface area contributed by atoms with E-state index < -0.39 is 5.60 Å². The highest BCUT2D eigenvalue weighted by atomic mass is 16.5. The van der Waals surface area contributed by atoms with Crippen molar-refractivity contribution in [2.75, 3.05) is 45.9 Å². The zero-order valence-electron chi connectivity index (χ0n) is 10.8. The van der Waals surface area contributed by atoms with Crippen LogP contribution in [0.2, 0.25) is 0 Å². The van der Waals surface area contributed by atoms with E-state index in [0.29, 0.717) is 19.0 Å². The third-order valence-corrected chi connectivity index (χ3v) is 2.62. The number of guanidine groups is 1. The molecule has 6 heteroatoms. The zero-order valence-corrected chi connectivity index (χ0v) is 10.8. The van der Waals surface area contributed by atoms with Crippen molar-refractivity contribution >= 4 is 5.96 Å².